The van der Waals surface area contributed by atoms with Gasteiger partial charge in [0, 0.05) is 17.7 Å². The van der Waals surface area contributed by atoms with Crippen LogP contribution in [0.4, 0.5) is 0 Å². The molecule has 0 fully saturated rings. The van der Waals surface area contributed by atoms with Crippen LogP contribution in [0.1, 0.15) is 10.4 Å². The van der Waals surface area contributed by atoms with Crippen molar-refractivity contribution in [1.82, 2.24) is 4.98 Å². The third kappa shape index (κ3) is 4.07. The monoisotopic (exact) mass is 334 g/mol. The maximum atomic E-state index is 10.8. The number of hydrogen-bond acceptors (Lipinski definition) is 6. The number of hydrogen-bond donors (Lipinski definition) is 0. The Morgan fingerprint density at radius 3 is 2.35 bits per heavy atom. The minimum absolute atomic E-state index is 0.653. The standard InChI is InChI=1S/C14H11N2O.CH4O4S/c1-16-13-5-3-2-4-11(13)15-12-8-10(9-17)6-7-14(12)16;1-5-6(2,3)4/h2-9H,1H3;1H3,(H,2,3,4)/q+1;/p-1. The van der Waals surface area contributed by atoms with Crippen molar-refractivity contribution in [3.05, 3.63) is 48.0 Å². The number of benzene rings is 2. The lowest BCUT2D eigenvalue weighted by molar-refractivity contribution is -0.617. The van der Waals surface area contributed by atoms with E-state index in [-0.39, 0.29) is 0 Å². The third-order valence-electron chi connectivity index (χ3n) is 3.19. The smallest absolute Gasteiger partial charge is 0.231 e. The first-order valence-electron chi connectivity index (χ1n) is 6.51. The van der Waals surface area contributed by atoms with E-state index >= 15 is 0 Å². The molecule has 0 radical (unpaired) electrons. The van der Waals surface area contributed by atoms with Gasteiger partial charge in [-0.1, -0.05) is 12.1 Å². The molecule has 0 N–H and O–H groups in total. The number of nitrogens with zero attached hydrogens (tertiary/aromatic N) is 2. The van der Waals surface area contributed by atoms with Crippen molar-refractivity contribution in [3.8, 4) is 0 Å². The number of aldehydes is 1. The van der Waals surface area contributed by atoms with Gasteiger partial charge < -0.3 is 4.55 Å². The molecule has 0 saturated carbocycles. The van der Waals surface area contributed by atoms with Gasteiger partial charge in [0.25, 0.3) is 0 Å². The lowest BCUT2D eigenvalue weighted by atomic mass is 10.2. The number of rotatable bonds is 2. The molecule has 0 aliphatic heterocycles. The average Bonchev–Trinajstić information content (AvgIpc) is 2.54. The van der Waals surface area contributed by atoms with Gasteiger partial charge in [-0.15, -0.1) is 0 Å². The Balaban J connectivity index is 0.000000277. The summed E-state index contributed by atoms with van der Waals surface area (Å²) < 4.78 is 33.1. The van der Waals surface area contributed by atoms with Crippen LogP contribution in [0.3, 0.4) is 0 Å². The Morgan fingerprint density at radius 2 is 1.74 bits per heavy atom. The van der Waals surface area contributed by atoms with Crippen LogP contribution in [0.25, 0.3) is 22.1 Å². The fourth-order valence-corrected chi connectivity index (χ4v) is 2.09. The summed E-state index contributed by atoms with van der Waals surface area (Å²) in [6.07, 6.45) is 0.844. The zero-order valence-corrected chi connectivity index (χ0v) is 13.3. The Kier molecular flexibility index (Phi) is 4.99. The third-order valence-corrected chi connectivity index (χ3v) is 3.59. The Morgan fingerprint density at radius 1 is 1.13 bits per heavy atom. The molecule has 0 saturated heterocycles. The Labute approximate surface area is 133 Å². The van der Waals surface area contributed by atoms with Crippen molar-refractivity contribution in [2.75, 3.05) is 7.11 Å². The molecule has 1 aromatic heterocycles. The van der Waals surface area contributed by atoms with Crippen LogP contribution in [0.15, 0.2) is 42.5 Å². The van der Waals surface area contributed by atoms with Gasteiger partial charge >= 0.3 is 0 Å². The van der Waals surface area contributed by atoms with Gasteiger partial charge in [0.15, 0.2) is 0 Å². The van der Waals surface area contributed by atoms with Gasteiger partial charge in [-0.2, -0.15) is 4.57 Å². The summed E-state index contributed by atoms with van der Waals surface area (Å²) in [6, 6.07) is 13.5. The summed E-state index contributed by atoms with van der Waals surface area (Å²) in [4.78, 5) is 15.3. The first-order valence-corrected chi connectivity index (χ1v) is 7.84. The molecule has 2 aromatic carbocycles. The van der Waals surface area contributed by atoms with Crippen molar-refractivity contribution in [2.24, 2.45) is 7.05 Å². The summed E-state index contributed by atoms with van der Waals surface area (Å²) in [5.41, 5.74) is 4.54. The van der Waals surface area contributed by atoms with Crippen molar-refractivity contribution in [3.63, 3.8) is 0 Å². The van der Waals surface area contributed by atoms with Crippen LogP contribution in [0, 0.1) is 0 Å². The molecule has 0 aliphatic rings. The van der Waals surface area contributed by atoms with E-state index in [0.29, 0.717) is 5.56 Å². The highest BCUT2D eigenvalue weighted by molar-refractivity contribution is 7.80. The lowest BCUT2D eigenvalue weighted by Crippen LogP contribution is -2.30. The second kappa shape index (κ2) is 6.78. The molecule has 120 valence electrons. The maximum absolute atomic E-state index is 10.8. The van der Waals surface area contributed by atoms with Gasteiger partial charge in [-0.25, -0.2) is 13.4 Å². The van der Waals surface area contributed by atoms with Crippen molar-refractivity contribution < 1.29 is 26.5 Å². The van der Waals surface area contributed by atoms with E-state index < -0.39 is 10.4 Å². The minimum atomic E-state index is -4.41. The molecule has 0 aliphatic carbocycles. The zero-order valence-electron chi connectivity index (χ0n) is 12.5. The second-order valence-corrected chi connectivity index (χ2v) is 5.75. The lowest BCUT2D eigenvalue weighted by Gasteiger charge is -2.01. The zero-order chi connectivity index (χ0) is 17.0. The predicted molar refractivity (Wildman–Crippen MR) is 82.5 cm³/mol. The molecule has 0 amide bonds. The van der Waals surface area contributed by atoms with Crippen LogP contribution in [0.2, 0.25) is 0 Å². The SMILES string of the molecule is COS(=O)(=O)[O-].C[n+]1c2ccccc2nc2cc(C=O)ccc21. The molecular weight excluding hydrogens is 320 g/mol. The number of fused-ring (bicyclic) bond motifs is 2. The summed E-state index contributed by atoms with van der Waals surface area (Å²) in [5, 5.41) is 0. The Hall–Kier alpha value is -2.42. The predicted octanol–water partition coefficient (Wildman–Crippen LogP) is 1.12. The second-order valence-electron chi connectivity index (χ2n) is 4.60. The van der Waals surface area contributed by atoms with Crippen LogP contribution in [-0.4, -0.2) is 31.4 Å². The number of carbonyl (C=O) groups is 1. The number of aromatic nitrogens is 2. The highest BCUT2D eigenvalue weighted by atomic mass is 32.3. The largest absolute Gasteiger partial charge is 0.726 e. The highest BCUT2D eigenvalue weighted by Gasteiger charge is 2.12. The van der Waals surface area contributed by atoms with E-state index in [4.69, 9.17) is 0 Å². The van der Waals surface area contributed by atoms with E-state index in [1.807, 2.05) is 49.5 Å². The molecule has 0 spiro atoms. The van der Waals surface area contributed by atoms with Gasteiger partial charge in [0.2, 0.25) is 21.4 Å². The summed E-state index contributed by atoms with van der Waals surface area (Å²) in [5.74, 6) is 0. The molecule has 23 heavy (non-hydrogen) atoms. The van der Waals surface area contributed by atoms with E-state index in [9.17, 15) is 17.8 Å². The van der Waals surface area contributed by atoms with Gasteiger partial charge in [0.1, 0.15) is 24.4 Å². The summed E-state index contributed by atoms with van der Waals surface area (Å²) in [6.45, 7) is 0. The average molecular weight is 334 g/mol. The Bertz CT molecular complexity index is 970. The van der Waals surface area contributed by atoms with Crippen LogP contribution < -0.4 is 4.57 Å². The van der Waals surface area contributed by atoms with Crippen LogP contribution in [-0.2, 0) is 21.6 Å². The molecule has 0 unspecified atom stereocenters. The molecule has 8 heteroatoms. The van der Waals surface area contributed by atoms with Crippen LogP contribution >= 0.6 is 0 Å². The fraction of sp³-hybridized carbons (Fsp3) is 0.133. The van der Waals surface area contributed by atoms with Crippen molar-refractivity contribution >= 4 is 38.8 Å². The fourth-order valence-electron chi connectivity index (χ4n) is 2.09. The first-order chi connectivity index (χ1) is 10.9. The van der Waals surface area contributed by atoms with Crippen LogP contribution in [0.5, 0.6) is 0 Å². The van der Waals surface area contributed by atoms with E-state index in [1.54, 1.807) is 0 Å². The van der Waals surface area contributed by atoms with Crippen molar-refractivity contribution in [2.45, 2.75) is 0 Å². The van der Waals surface area contributed by atoms with Gasteiger partial charge in [0.05, 0.1) is 7.11 Å². The molecular formula is C15H14N2O5S. The topological polar surface area (TPSA) is 100 Å². The van der Waals surface area contributed by atoms with E-state index in [0.717, 1.165) is 35.5 Å². The number of carbonyl (C=O) groups excluding carboxylic acids is 1. The van der Waals surface area contributed by atoms with Gasteiger partial charge in [-0.3, -0.25) is 8.98 Å². The van der Waals surface area contributed by atoms with E-state index in [1.165, 1.54) is 0 Å². The molecule has 1 heterocycles. The number of aryl methyl sites for hydroxylation is 1. The first kappa shape index (κ1) is 16.9. The molecule has 3 rings (SSSR count). The molecule has 0 atom stereocenters. The highest BCUT2D eigenvalue weighted by Crippen LogP contribution is 2.14. The minimum Gasteiger partial charge on any atom is -0.726 e. The number of para-hydroxylation sites is 2. The normalized spacial score (nSPS) is 11.1. The summed E-state index contributed by atoms with van der Waals surface area (Å²) in [7, 11) is -1.60. The molecule has 7 nitrogen and oxygen atoms in total. The van der Waals surface area contributed by atoms with Gasteiger partial charge in [-0.05, 0) is 18.2 Å². The maximum Gasteiger partial charge on any atom is 0.231 e. The van der Waals surface area contributed by atoms with Crippen molar-refractivity contribution in [1.29, 1.82) is 0 Å². The van der Waals surface area contributed by atoms with E-state index in [2.05, 4.69) is 13.7 Å². The summed E-state index contributed by atoms with van der Waals surface area (Å²) >= 11 is 0. The molecule has 3 aromatic rings. The molecule has 0 bridgehead atoms. The quantitative estimate of drug-likeness (QED) is 0.229.